The molecule has 2 rings (SSSR count). The highest BCUT2D eigenvalue weighted by Crippen LogP contribution is 2.28. The zero-order chi connectivity index (χ0) is 14.8. The van der Waals surface area contributed by atoms with Crippen LogP contribution in [0.5, 0.6) is 0 Å². The number of amides is 1. The van der Waals surface area contributed by atoms with Crippen molar-refractivity contribution in [3.63, 3.8) is 0 Å². The van der Waals surface area contributed by atoms with E-state index in [1.165, 1.54) is 12.8 Å². The summed E-state index contributed by atoms with van der Waals surface area (Å²) in [7, 11) is 0. The molecule has 0 saturated heterocycles. The number of carbonyl (C=O) groups excluding carboxylic acids is 1. The van der Waals surface area contributed by atoms with E-state index in [0.717, 1.165) is 28.8 Å². The standard InChI is InChI=1S/C17H24BrNO/c1-12-7-9-15(10-8-12)19-16(20)17(2,3)13-5-4-6-14(18)11-13/h4-6,11-12,15H,7-10H2,1-3H3,(H,19,20). The number of rotatable bonds is 3. The van der Waals surface area contributed by atoms with Crippen molar-refractivity contribution in [2.24, 2.45) is 5.92 Å². The lowest BCUT2D eigenvalue weighted by molar-refractivity contribution is -0.126. The minimum Gasteiger partial charge on any atom is -0.353 e. The normalized spacial score (nSPS) is 23.4. The van der Waals surface area contributed by atoms with E-state index in [1.54, 1.807) is 0 Å². The molecule has 1 N–H and O–H groups in total. The van der Waals surface area contributed by atoms with Gasteiger partial charge < -0.3 is 5.32 Å². The van der Waals surface area contributed by atoms with Crippen LogP contribution >= 0.6 is 15.9 Å². The molecule has 1 amide bonds. The highest BCUT2D eigenvalue weighted by molar-refractivity contribution is 9.10. The first-order chi connectivity index (χ1) is 9.39. The monoisotopic (exact) mass is 337 g/mol. The lowest BCUT2D eigenvalue weighted by Gasteiger charge is -2.31. The molecule has 0 radical (unpaired) electrons. The third-order valence-corrected chi connectivity index (χ3v) is 4.96. The predicted molar refractivity (Wildman–Crippen MR) is 86.7 cm³/mol. The maximum absolute atomic E-state index is 12.6. The molecular weight excluding hydrogens is 314 g/mol. The Morgan fingerprint density at radius 1 is 1.25 bits per heavy atom. The van der Waals surface area contributed by atoms with Gasteiger partial charge in [0.15, 0.2) is 0 Å². The molecule has 2 nitrogen and oxygen atoms in total. The molecule has 110 valence electrons. The van der Waals surface area contributed by atoms with Crippen molar-refractivity contribution < 1.29 is 4.79 Å². The molecule has 1 aliphatic rings. The number of halogens is 1. The van der Waals surface area contributed by atoms with Crippen LogP contribution in [0.2, 0.25) is 0 Å². The SMILES string of the molecule is CC1CCC(NC(=O)C(C)(C)c2cccc(Br)c2)CC1. The number of hydrogen-bond acceptors (Lipinski definition) is 1. The molecule has 0 unspecified atom stereocenters. The third kappa shape index (κ3) is 3.63. The summed E-state index contributed by atoms with van der Waals surface area (Å²) in [6.07, 6.45) is 4.67. The number of hydrogen-bond donors (Lipinski definition) is 1. The lowest BCUT2D eigenvalue weighted by Crippen LogP contribution is -2.46. The second kappa shape index (κ2) is 6.30. The van der Waals surface area contributed by atoms with Crippen LogP contribution in [-0.4, -0.2) is 11.9 Å². The Hall–Kier alpha value is -0.830. The smallest absolute Gasteiger partial charge is 0.230 e. The lowest BCUT2D eigenvalue weighted by atomic mass is 9.82. The van der Waals surface area contributed by atoms with E-state index in [1.807, 2.05) is 38.1 Å². The summed E-state index contributed by atoms with van der Waals surface area (Å²) in [5.41, 5.74) is 0.556. The Balaban J connectivity index is 2.03. The van der Waals surface area contributed by atoms with Crippen LogP contribution in [-0.2, 0) is 10.2 Å². The second-order valence-electron chi connectivity index (χ2n) is 6.57. The molecule has 1 aromatic rings. The molecular formula is C17H24BrNO. The first kappa shape index (κ1) is 15.6. The summed E-state index contributed by atoms with van der Waals surface area (Å²) in [6.45, 7) is 6.29. The van der Waals surface area contributed by atoms with E-state index in [9.17, 15) is 4.79 Å². The van der Waals surface area contributed by atoms with E-state index in [0.29, 0.717) is 6.04 Å². The first-order valence-electron chi connectivity index (χ1n) is 7.46. The fourth-order valence-corrected chi connectivity index (χ4v) is 3.18. The average molecular weight is 338 g/mol. The molecule has 1 aromatic carbocycles. The van der Waals surface area contributed by atoms with Gasteiger partial charge in [-0.15, -0.1) is 0 Å². The quantitative estimate of drug-likeness (QED) is 0.868. The van der Waals surface area contributed by atoms with Crippen LogP contribution < -0.4 is 5.32 Å². The minimum atomic E-state index is -0.493. The van der Waals surface area contributed by atoms with E-state index < -0.39 is 5.41 Å². The fraction of sp³-hybridized carbons (Fsp3) is 0.588. The van der Waals surface area contributed by atoms with Crippen molar-refractivity contribution in [3.05, 3.63) is 34.3 Å². The van der Waals surface area contributed by atoms with E-state index in [2.05, 4.69) is 28.2 Å². The van der Waals surface area contributed by atoms with Gasteiger partial charge >= 0.3 is 0 Å². The van der Waals surface area contributed by atoms with Gasteiger partial charge in [0.25, 0.3) is 0 Å². The Bertz CT molecular complexity index is 476. The van der Waals surface area contributed by atoms with Crippen molar-refractivity contribution >= 4 is 21.8 Å². The zero-order valence-corrected chi connectivity index (χ0v) is 14.2. The van der Waals surface area contributed by atoms with Gasteiger partial charge in [-0.2, -0.15) is 0 Å². The highest BCUT2D eigenvalue weighted by Gasteiger charge is 2.32. The molecule has 1 saturated carbocycles. The highest BCUT2D eigenvalue weighted by atomic mass is 79.9. The Kier molecular flexibility index (Phi) is 4.90. The molecule has 0 bridgehead atoms. The first-order valence-corrected chi connectivity index (χ1v) is 8.26. The fourth-order valence-electron chi connectivity index (χ4n) is 2.78. The summed E-state index contributed by atoms with van der Waals surface area (Å²) in [6, 6.07) is 8.37. The Morgan fingerprint density at radius 3 is 2.50 bits per heavy atom. The maximum atomic E-state index is 12.6. The van der Waals surface area contributed by atoms with Gasteiger partial charge in [0.05, 0.1) is 5.41 Å². The van der Waals surface area contributed by atoms with Crippen LogP contribution in [0, 0.1) is 5.92 Å². The van der Waals surface area contributed by atoms with Crippen molar-refractivity contribution in [1.29, 1.82) is 0 Å². The molecule has 20 heavy (non-hydrogen) atoms. The maximum Gasteiger partial charge on any atom is 0.230 e. The molecule has 0 aromatic heterocycles. The molecule has 3 heteroatoms. The molecule has 0 spiro atoms. The van der Waals surface area contributed by atoms with Crippen LogP contribution in [0.15, 0.2) is 28.7 Å². The van der Waals surface area contributed by atoms with Crippen molar-refractivity contribution in [2.45, 2.75) is 57.9 Å². The van der Waals surface area contributed by atoms with Crippen molar-refractivity contribution in [3.8, 4) is 0 Å². The van der Waals surface area contributed by atoms with Crippen molar-refractivity contribution in [1.82, 2.24) is 5.32 Å². The van der Waals surface area contributed by atoms with Gasteiger partial charge in [0.1, 0.15) is 0 Å². The largest absolute Gasteiger partial charge is 0.353 e. The van der Waals surface area contributed by atoms with Gasteiger partial charge in [0.2, 0.25) is 5.91 Å². The molecule has 0 atom stereocenters. The minimum absolute atomic E-state index is 0.134. The third-order valence-electron chi connectivity index (χ3n) is 4.47. The van der Waals surface area contributed by atoms with E-state index in [-0.39, 0.29) is 5.91 Å². The molecule has 0 heterocycles. The van der Waals surface area contributed by atoms with Crippen LogP contribution in [0.4, 0.5) is 0 Å². The van der Waals surface area contributed by atoms with Gasteiger partial charge in [0, 0.05) is 10.5 Å². The predicted octanol–water partition coefficient (Wildman–Crippen LogP) is 4.42. The number of nitrogens with one attached hydrogen (secondary N) is 1. The van der Waals surface area contributed by atoms with Gasteiger partial charge in [-0.3, -0.25) is 4.79 Å². The Morgan fingerprint density at radius 2 is 1.90 bits per heavy atom. The number of carbonyl (C=O) groups is 1. The molecule has 0 aliphatic heterocycles. The summed E-state index contributed by atoms with van der Waals surface area (Å²) in [5, 5.41) is 3.24. The van der Waals surface area contributed by atoms with Crippen LogP contribution in [0.1, 0.15) is 52.0 Å². The van der Waals surface area contributed by atoms with Gasteiger partial charge in [-0.25, -0.2) is 0 Å². The van der Waals surface area contributed by atoms with E-state index in [4.69, 9.17) is 0 Å². The van der Waals surface area contributed by atoms with E-state index >= 15 is 0 Å². The average Bonchev–Trinajstić information content (AvgIpc) is 2.41. The summed E-state index contributed by atoms with van der Waals surface area (Å²) >= 11 is 3.48. The van der Waals surface area contributed by atoms with Crippen LogP contribution in [0.3, 0.4) is 0 Å². The zero-order valence-electron chi connectivity index (χ0n) is 12.6. The molecule has 1 aliphatic carbocycles. The van der Waals surface area contributed by atoms with Crippen molar-refractivity contribution in [2.75, 3.05) is 0 Å². The summed E-state index contributed by atoms with van der Waals surface area (Å²) in [5.74, 6) is 0.941. The topological polar surface area (TPSA) is 29.1 Å². The molecule has 1 fully saturated rings. The number of benzene rings is 1. The second-order valence-corrected chi connectivity index (χ2v) is 7.48. The van der Waals surface area contributed by atoms with Gasteiger partial charge in [-0.05, 0) is 63.1 Å². The summed E-state index contributed by atoms with van der Waals surface area (Å²) in [4.78, 5) is 12.6. The van der Waals surface area contributed by atoms with Gasteiger partial charge in [-0.1, -0.05) is 35.0 Å². The van der Waals surface area contributed by atoms with Crippen LogP contribution in [0.25, 0.3) is 0 Å². The summed E-state index contributed by atoms with van der Waals surface area (Å²) < 4.78 is 1.02. The Labute approximate surface area is 130 Å².